The van der Waals surface area contributed by atoms with Crippen LogP contribution in [0, 0.1) is 27.7 Å². The number of benzene rings is 2. The lowest BCUT2D eigenvalue weighted by Gasteiger charge is -2.19. The predicted molar refractivity (Wildman–Crippen MR) is 97.1 cm³/mol. The number of methoxy groups -OCH3 is 1. The molecule has 0 aliphatic heterocycles. The second kappa shape index (κ2) is 7.39. The molecular weight excluding hydrogens is 302 g/mol. The van der Waals surface area contributed by atoms with Gasteiger partial charge in [-0.05, 0) is 75.1 Å². The molecule has 1 N–H and O–H groups in total. The Bertz CT molecular complexity index is 753. The maximum absolute atomic E-state index is 12.5. The van der Waals surface area contributed by atoms with E-state index in [0.717, 1.165) is 28.0 Å². The van der Waals surface area contributed by atoms with E-state index < -0.39 is 6.10 Å². The fourth-order valence-corrected chi connectivity index (χ4v) is 2.52. The number of hydrogen-bond acceptors (Lipinski definition) is 3. The molecule has 0 aliphatic carbocycles. The number of amides is 1. The molecule has 0 saturated carbocycles. The molecule has 0 saturated heterocycles. The monoisotopic (exact) mass is 327 g/mol. The molecule has 1 amide bonds. The van der Waals surface area contributed by atoms with Crippen LogP contribution >= 0.6 is 0 Å². The van der Waals surface area contributed by atoms with Crippen LogP contribution in [0.25, 0.3) is 0 Å². The van der Waals surface area contributed by atoms with Gasteiger partial charge >= 0.3 is 0 Å². The SMILES string of the molecule is COc1ccc(C)cc1NC(=O)C(C)Oc1cc(C)cc(C)c1C. The number of nitrogens with one attached hydrogen (secondary N) is 1. The molecule has 2 rings (SSSR count). The van der Waals surface area contributed by atoms with Crippen molar-refractivity contribution in [1.29, 1.82) is 0 Å². The summed E-state index contributed by atoms with van der Waals surface area (Å²) in [4.78, 5) is 12.5. The van der Waals surface area contributed by atoms with E-state index in [1.165, 1.54) is 0 Å². The first-order valence-corrected chi connectivity index (χ1v) is 8.02. The quantitative estimate of drug-likeness (QED) is 0.889. The van der Waals surface area contributed by atoms with Gasteiger partial charge < -0.3 is 14.8 Å². The van der Waals surface area contributed by atoms with Gasteiger partial charge in [-0.25, -0.2) is 0 Å². The average molecular weight is 327 g/mol. The van der Waals surface area contributed by atoms with Gasteiger partial charge in [0.1, 0.15) is 11.5 Å². The molecule has 0 fully saturated rings. The Kier molecular flexibility index (Phi) is 5.50. The van der Waals surface area contributed by atoms with E-state index >= 15 is 0 Å². The summed E-state index contributed by atoms with van der Waals surface area (Å²) < 4.78 is 11.2. The number of rotatable bonds is 5. The van der Waals surface area contributed by atoms with Crippen molar-refractivity contribution in [3.05, 3.63) is 52.6 Å². The normalized spacial score (nSPS) is 11.8. The lowest BCUT2D eigenvalue weighted by atomic mass is 10.1. The molecule has 4 nitrogen and oxygen atoms in total. The highest BCUT2D eigenvalue weighted by Gasteiger charge is 2.18. The summed E-state index contributed by atoms with van der Waals surface area (Å²) in [5.41, 5.74) is 5.01. The van der Waals surface area contributed by atoms with Gasteiger partial charge in [0.05, 0.1) is 12.8 Å². The zero-order valence-corrected chi connectivity index (χ0v) is 15.2. The van der Waals surface area contributed by atoms with Gasteiger partial charge in [-0.3, -0.25) is 4.79 Å². The second-order valence-electron chi connectivity index (χ2n) is 6.16. The molecule has 1 unspecified atom stereocenters. The highest BCUT2D eigenvalue weighted by Crippen LogP contribution is 2.27. The Labute approximate surface area is 143 Å². The topological polar surface area (TPSA) is 47.6 Å². The van der Waals surface area contributed by atoms with E-state index in [0.29, 0.717) is 11.4 Å². The molecule has 0 aliphatic rings. The van der Waals surface area contributed by atoms with E-state index in [-0.39, 0.29) is 5.91 Å². The van der Waals surface area contributed by atoms with Gasteiger partial charge in [0.15, 0.2) is 6.10 Å². The van der Waals surface area contributed by atoms with E-state index in [9.17, 15) is 4.79 Å². The lowest BCUT2D eigenvalue weighted by Crippen LogP contribution is -2.30. The average Bonchev–Trinajstić information content (AvgIpc) is 2.52. The summed E-state index contributed by atoms with van der Waals surface area (Å²) in [6.07, 6.45) is -0.616. The smallest absolute Gasteiger partial charge is 0.265 e. The van der Waals surface area contributed by atoms with Crippen molar-refractivity contribution in [2.24, 2.45) is 0 Å². The zero-order valence-electron chi connectivity index (χ0n) is 15.2. The largest absolute Gasteiger partial charge is 0.495 e. The summed E-state index contributed by atoms with van der Waals surface area (Å²) >= 11 is 0. The van der Waals surface area contributed by atoms with Crippen LogP contribution in [0.15, 0.2) is 30.3 Å². The Balaban J connectivity index is 2.15. The Morgan fingerprint density at radius 3 is 2.38 bits per heavy atom. The highest BCUT2D eigenvalue weighted by atomic mass is 16.5. The Hall–Kier alpha value is -2.49. The van der Waals surface area contributed by atoms with Crippen molar-refractivity contribution in [1.82, 2.24) is 0 Å². The van der Waals surface area contributed by atoms with Crippen LogP contribution in [0.1, 0.15) is 29.2 Å². The summed E-state index contributed by atoms with van der Waals surface area (Å²) in [6.45, 7) is 9.76. The van der Waals surface area contributed by atoms with E-state index in [2.05, 4.69) is 11.4 Å². The van der Waals surface area contributed by atoms with Crippen LogP contribution in [0.5, 0.6) is 11.5 Å². The first-order chi connectivity index (χ1) is 11.3. The third-order valence-corrected chi connectivity index (χ3v) is 4.05. The third kappa shape index (κ3) is 4.07. The third-order valence-electron chi connectivity index (χ3n) is 4.05. The maximum Gasteiger partial charge on any atom is 0.265 e. The van der Waals surface area contributed by atoms with E-state index in [1.807, 2.05) is 52.0 Å². The van der Waals surface area contributed by atoms with E-state index in [1.54, 1.807) is 14.0 Å². The Morgan fingerprint density at radius 1 is 1.00 bits per heavy atom. The minimum Gasteiger partial charge on any atom is -0.495 e. The molecule has 2 aromatic carbocycles. The van der Waals surface area contributed by atoms with Gasteiger partial charge in [0.2, 0.25) is 0 Å². The fraction of sp³-hybridized carbons (Fsp3) is 0.350. The minimum atomic E-state index is -0.616. The van der Waals surface area contributed by atoms with Crippen molar-refractivity contribution < 1.29 is 14.3 Å². The van der Waals surface area contributed by atoms with Crippen molar-refractivity contribution in [2.45, 2.75) is 40.7 Å². The van der Waals surface area contributed by atoms with Gasteiger partial charge in [-0.1, -0.05) is 12.1 Å². The number of carbonyl (C=O) groups excluding carboxylic acids is 1. The Morgan fingerprint density at radius 2 is 1.71 bits per heavy atom. The van der Waals surface area contributed by atoms with Crippen LogP contribution < -0.4 is 14.8 Å². The highest BCUT2D eigenvalue weighted by molar-refractivity contribution is 5.95. The molecule has 0 heterocycles. The standard InChI is InChI=1S/C20H25NO3/c1-12-7-8-18(23-6)17(10-12)21-20(22)16(5)24-19-11-13(2)9-14(3)15(19)4/h7-11,16H,1-6H3,(H,21,22). The van der Waals surface area contributed by atoms with Crippen molar-refractivity contribution in [2.75, 3.05) is 12.4 Å². The number of hydrogen-bond donors (Lipinski definition) is 1. The summed E-state index contributed by atoms with van der Waals surface area (Å²) in [7, 11) is 1.58. The van der Waals surface area contributed by atoms with Gasteiger partial charge in [-0.2, -0.15) is 0 Å². The van der Waals surface area contributed by atoms with Gasteiger partial charge in [0.25, 0.3) is 5.91 Å². The molecule has 24 heavy (non-hydrogen) atoms. The number of ether oxygens (including phenoxy) is 2. The van der Waals surface area contributed by atoms with Crippen LogP contribution in [0.4, 0.5) is 5.69 Å². The minimum absolute atomic E-state index is 0.211. The molecule has 0 radical (unpaired) electrons. The summed E-state index contributed by atoms with van der Waals surface area (Å²) in [6, 6.07) is 9.72. The van der Waals surface area contributed by atoms with Gasteiger partial charge in [0, 0.05) is 0 Å². The first-order valence-electron chi connectivity index (χ1n) is 8.02. The number of anilines is 1. The lowest BCUT2D eigenvalue weighted by molar-refractivity contribution is -0.122. The fourth-order valence-electron chi connectivity index (χ4n) is 2.52. The van der Waals surface area contributed by atoms with Crippen LogP contribution in [-0.2, 0) is 4.79 Å². The second-order valence-corrected chi connectivity index (χ2v) is 6.16. The summed E-state index contributed by atoms with van der Waals surface area (Å²) in [5.74, 6) is 1.16. The molecule has 4 heteroatoms. The first kappa shape index (κ1) is 17.9. The zero-order chi connectivity index (χ0) is 17.9. The van der Waals surface area contributed by atoms with Crippen molar-refractivity contribution >= 4 is 11.6 Å². The predicted octanol–water partition coefficient (Wildman–Crippen LogP) is 4.33. The molecule has 128 valence electrons. The maximum atomic E-state index is 12.5. The number of carbonyl (C=O) groups is 1. The van der Waals surface area contributed by atoms with Crippen LogP contribution in [-0.4, -0.2) is 19.1 Å². The van der Waals surface area contributed by atoms with Crippen molar-refractivity contribution in [3.63, 3.8) is 0 Å². The summed E-state index contributed by atoms with van der Waals surface area (Å²) in [5, 5.41) is 2.88. The molecule has 0 bridgehead atoms. The van der Waals surface area contributed by atoms with Crippen molar-refractivity contribution in [3.8, 4) is 11.5 Å². The van der Waals surface area contributed by atoms with Crippen LogP contribution in [0.3, 0.4) is 0 Å². The van der Waals surface area contributed by atoms with E-state index in [4.69, 9.17) is 9.47 Å². The molecule has 0 spiro atoms. The number of aryl methyl sites for hydroxylation is 3. The van der Waals surface area contributed by atoms with Crippen LogP contribution in [0.2, 0.25) is 0 Å². The molecule has 1 atom stereocenters. The molecule has 0 aromatic heterocycles. The molecule has 2 aromatic rings. The van der Waals surface area contributed by atoms with Gasteiger partial charge in [-0.15, -0.1) is 0 Å². The molecular formula is C20H25NO3.